The van der Waals surface area contributed by atoms with Gasteiger partial charge in [-0.15, -0.1) is 0 Å². The highest BCUT2D eigenvalue weighted by Gasteiger charge is 2.10. The molecule has 2 aromatic rings. The van der Waals surface area contributed by atoms with Gasteiger partial charge in [-0.25, -0.2) is 4.39 Å². The Morgan fingerprint density at radius 3 is 2.41 bits per heavy atom. The van der Waals surface area contributed by atoms with Crippen molar-refractivity contribution in [1.82, 2.24) is 5.32 Å². The first-order valence-electron chi connectivity index (χ1n) is 7.25. The van der Waals surface area contributed by atoms with E-state index in [1.807, 2.05) is 24.3 Å². The molecule has 0 aliphatic carbocycles. The van der Waals surface area contributed by atoms with Gasteiger partial charge >= 0.3 is 0 Å². The minimum absolute atomic E-state index is 0.144. The average Bonchev–Trinajstić information content (AvgIpc) is 2.54. The molecule has 0 aromatic heterocycles. The predicted molar refractivity (Wildman–Crippen MR) is 85.9 cm³/mol. The fourth-order valence-electron chi connectivity index (χ4n) is 2.33. The van der Waals surface area contributed by atoms with Gasteiger partial charge in [0.1, 0.15) is 5.82 Å². The third kappa shape index (κ3) is 3.77. The van der Waals surface area contributed by atoms with Crippen LogP contribution >= 0.6 is 0 Å². The zero-order chi connectivity index (χ0) is 16.1. The van der Waals surface area contributed by atoms with Crippen molar-refractivity contribution in [2.24, 2.45) is 0 Å². The fourth-order valence-corrected chi connectivity index (χ4v) is 2.33. The fraction of sp³-hybridized carbons (Fsp3) is 0.333. The SMILES string of the molecule is COc1ccc(C(C)NCc2ccc(F)c(C)c2)cc1OC. The first-order valence-corrected chi connectivity index (χ1v) is 7.25. The zero-order valence-corrected chi connectivity index (χ0v) is 13.4. The van der Waals surface area contributed by atoms with E-state index in [4.69, 9.17) is 9.47 Å². The van der Waals surface area contributed by atoms with Crippen molar-refractivity contribution in [3.8, 4) is 11.5 Å². The zero-order valence-electron chi connectivity index (χ0n) is 13.4. The smallest absolute Gasteiger partial charge is 0.161 e. The molecule has 1 N–H and O–H groups in total. The molecule has 0 heterocycles. The van der Waals surface area contributed by atoms with E-state index in [2.05, 4.69) is 12.2 Å². The summed E-state index contributed by atoms with van der Waals surface area (Å²) in [5, 5.41) is 3.43. The van der Waals surface area contributed by atoms with Crippen LogP contribution in [0.25, 0.3) is 0 Å². The van der Waals surface area contributed by atoms with Crippen LogP contribution < -0.4 is 14.8 Å². The highest BCUT2D eigenvalue weighted by atomic mass is 19.1. The summed E-state index contributed by atoms with van der Waals surface area (Å²) in [6.45, 7) is 4.53. The lowest BCUT2D eigenvalue weighted by atomic mass is 10.1. The van der Waals surface area contributed by atoms with Crippen LogP contribution in [0.1, 0.15) is 29.7 Å². The molecule has 0 bridgehead atoms. The maximum Gasteiger partial charge on any atom is 0.161 e. The highest BCUT2D eigenvalue weighted by molar-refractivity contribution is 5.43. The molecule has 1 unspecified atom stereocenters. The number of benzene rings is 2. The lowest BCUT2D eigenvalue weighted by Gasteiger charge is -2.17. The van der Waals surface area contributed by atoms with E-state index in [0.29, 0.717) is 23.6 Å². The highest BCUT2D eigenvalue weighted by Crippen LogP contribution is 2.29. The molecule has 3 nitrogen and oxygen atoms in total. The molecule has 2 rings (SSSR count). The van der Waals surface area contributed by atoms with Gasteiger partial charge in [0, 0.05) is 12.6 Å². The number of halogens is 1. The van der Waals surface area contributed by atoms with Crippen molar-refractivity contribution in [2.45, 2.75) is 26.4 Å². The largest absolute Gasteiger partial charge is 0.493 e. The number of hydrogen-bond acceptors (Lipinski definition) is 3. The van der Waals surface area contributed by atoms with E-state index in [1.54, 1.807) is 27.2 Å². The molecule has 0 aliphatic rings. The van der Waals surface area contributed by atoms with Gasteiger partial charge in [0.25, 0.3) is 0 Å². The standard InChI is InChI=1S/C18H22FNO2/c1-12-9-14(5-7-16(12)19)11-20-13(2)15-6-8-17(21-3)18(10-15)22-4/h5-10,13,20H,11H2,1-4H3. The third-order valence-electron chi connectivity index (χ3n) is 3.74. The van der Waals surface area contributed by atoms with Crippen molar-refractivity contribution in [3.05, 3.63) is 58.9 Å². The summed E-state index contributed by atoms with van der Waals surface area (Å²) in [6, 6.07) is 11.2. The van der Waals surface area contributed by atoms with Gasteiger partial charge in [-0.3, -0.25) is 0 Å². The van der Waals surface area contributed by atoms with E-state index >= 15 is 0 Å². The Balaban J connectivity index is 2.05. The number of rotatable bonds is 6. The van der Waals surface area contributed by atoms with Crippen molar-refractivity contribution in [2.75, 3.05) is 14.2 Å². The summed E-state index contributed by atoms with van der Waals surface area (Å²) < 4.78 is 23.8. The van der Waals surface area contributed by atoms with Gasteiger partial charge in [-0.1, -0.05) is 18.2 Å². The molecule has 2 aromatic carbocycles. The third-order valence-corrected chi connectivity index (χ3v) is 3.74. The van der Waals surface area contributed by atoms with Gasteiger partial charge in [-0.2, -0.15) is 0 Å². The molecule has 0 amide bonds. The minimum atomic E-state index is -0.170. The average molecular weight is 303 g/mol. The van der Waals surface area contributed by atoms with Crippen molar-refractivity contribution < 1.29 is 13.9 Å². The lowest BCUT2D eigenvalue weighted by Crippen LogP contribution is -2.18. The topological polar surface area (TPSA) is 30.5 Å². The molecule has 0 radical (unpaired) electrons. The van der Waals surface area contributed by atoms with E-state index in [1.165, 1.54) is 6.07 Å². The summed E-state index contributed by atoms with van der Waals surface area (Å²) in [7, 11) is 3.25. The number of hydrogen-bond donors (Lipinski definition) is 1. The van der Waals surface area contributed by atoms with Crippen LogP contribution in [0.15, 0.2) is 36.4 Å². The molecule has 0 saturated heterocycles. The first-order chi connectivity index (χ1) is 10.5. The Morgan fingerprint density at radius 2 is 1.77 bits per heavy atom. The molecule has 0 fully saturated rings. The van der Waals surface area contributed by atoms with Gasteiger partial charge < -0.3 is 14.8 Å². The Labute approximate surface area is 131 Å². The minimum Gasteiger partial charge on any atom is -0.493 e. The van der Waals surface area contributed by atoms with Crippen LogP contribution in [-0.4, -0.2) is 14.2 Å². The van der Waals surface area contributed by atoms with Gasteiger partial charge in [0.15, 0.2) is 11.5 Å². The second kappa shape index (κ2) is 7.27. The summed E-state index contributed by atoms with van der Waals surface area (Å²) in [6.07, 6.45) is 0. The maximum atomic E-state index is 13.3. The van der Waals surface area contributed by atoms with Gasteiger partial charge in [-0.05, 0) is 48.7 Å². The van der Waals surface area contributed by atoms with E-state index in [9.17, 15) is 4.39 Å². The summed E-state index contributed by atoms with van der Waals surface area (Å²) in [5.74, 6) is 1.26. The Bertz CT molecular complexity index is 643. The molecular formula is C18H22FNO2. The Morgan fingerprint density at radius 1 is 1.05 bits per heavy atom. The Kier molecular flexibility index (Phi) is 5.39. The van der Waals surface area contributed by atoms with Crippen LogP contribution in [0.4, 0.5) is 4.39 Å². The number of methoxy groups -OCH3 is 2. The van der Waals surface area contributed by atoms with E-state index < -0.39 is 0 Å². The summed E-state index contributed by atoms with van der Waals surface area (Å²) >= 11 is 0. The molecule has 0 aliphatic heterocycles. The first kappa shape index (κ1) is 16.3. The number of nitrogens with one attached hydrogen (secondary N) is 1. The van der Waals surface area contributed by atoms with E-state index in [-0.39, 0.29) is 11.9 Å². The summed E-state index contributed by atoms with van der Waals surface area (Å²) in [4.78, 5) is 0. The second-order valence-corrected chi connectivity index (χ2v) is 5.30. The van der Waals surface area contributed by atoms with Crippen LogP contribution in [0.3, 0.4) is 0 Å². The molecular weight excluding hydrogens is 281 g/mol. The summed E-state index contributed by atoms with van der Waals surface area (Å²) in [5.41, 5.74) is 2.83. The lowest BCUT2D eigenvalue weighted by molar-refractivity contribution is 0.354. The van der Waals surface area contributed by atoms with E-state index in [0.717, 1.165) is 11.1 Å². The molecule has 4 heteroatoms. The van der Waals surface area contributed by atoms with Crippen molar-refractivity contribution in [1.29, 1.82) is 0 Å². The van der Waals surface area contributed by atoms with Crippen LogP contribution in [0.5, 0.6) is 11.5 Å². The normalized spacial score (nSPS) is 12.0. The second-order valence-electron chi connectivity index (χ2n) is 5.30. The maximum absolute atomic E-state index is 13.3. The van der Waals surface area contributed by atoms with Gasteiger partial charge in [0.05, 0.1) is 14.2 Å². The molecule has 0 spiro atoms. The Hall–Kier alpha value is -2.07. The number of aryl methyl sites for hydroxylation is 1. The quantitative estimate of drug-likeness (QED) is 0.875. The molecule has 1 atom stereocenters. The monoisotopic (exact) mass is 303 g/mol. The molecule has 118 valence electrons. The van der Waals surface area contributed by atoms with Gasteiger partial charge in [0.2, 0.25) is 0 Å². The van der Waals surface area contributed by atoms with Crippen LogP contribution in [-0.2, 0) is 6.54 Å². The molecule has 22 heavy (non-hydrogen) atoms. The van der Waals surface area contributed by atoms with Crippen molar-refractivity contribution in [3.63, 3.8) is 0 Å². The van der Waals surface area contributed by atoms with Crippen LogP contribution in [0.2, 0.25) is 0 Å². The van der Waals surface area contributed by atoms with Crippen LogP contribution in [0, 0.1) is 12.7 Å². The predicted octanol–water partition coefficient (Wildman–Crippen LogP) is 4.00. The van der Waals surface area contributed by atoms with Crippen molar-refractivity contribution >= 4 is 0 Å². The molecule has 0 saturated carbocycles. The number of ether oxygens (including phenoxy) is 2.